The van der Waals surface area contributed by atoms with E-state index in [-0.39, 0.29) is 22.6 Å². The van der Waals surface area contributed by atoms with Crippen LogP contribution in [0.1, 0.15) is 15.9 Å². The zero-order valence-corrected chi connectivity index (χ0v) is 10.4. The molecular weight excluding hydrogens is 268 g/mol. The van der Waals surface area contributed by atoms with Gasteiger partial charge in [-0.15, -0.1) is 0 Å². The zero-order valence-electron chi connectivity index (χ0n) is 10.4. The first kappa shape index (κ1) is 13.8. The van der Waals surface area contributed by atoms with Crippen LogP contribution < -0.4 is 5.32 Å². The molecule has 0 saturated carbocycles. The molecule has 3 N–H and O–H groups in total. The highest BCUT2D eigenvalue weighted by Gasteiger charge is 2.15. The number of anilines is 1. The topological polar surface area (TPSA) is 69.6 Å². The van der Waals surface area contributed by atoms with Gasteiger partial charge < -0.3 is 15.5 Å². The van der Waals surface area contributed by atoms with Gasteiger partial charge in [-0.2, -0.15) is 0 Å². The number of nitrogens with one attached hydrogen (secondary N) is 1. The molecule has 0 radical (unpaired) electrons. The quantitative estimate of drug-likeness (QED) is 0.791. The van der Waals surface area contributed by atoms with Crippen LogP contribution in [0.2, 0.25) is 0 Å². The van der Waals surface area contributed by atoms with Crippen molar-refractivity contribution in [2.45, 2.75) is 6.92 Å². The van der Waals surface area contributed by atoms with E-state index in [1.54, 1.807) is 0 Å². The Morgan fingerprint density at radius 1 is 1.10 bits per heavy atom. The van der Waals surface area contributed by atoms with Crippen LogP contribution in [0.5, 0.6) is 11.5 Å². The minimum Gasteiger partial charge on any atom is -0.508 e. The van der Waals surface area contributed by atoms with Crippen molar-refractivity contribution in [1.29, 1.82) is 0 Å². The van der Waals surface area contributed by atoms with Crippen molar-refractivity contribution in [2.75, 3.05) is 5.32 Å². The molecule has 6 heteroatoms. The summed E-state index contributed by atoms with van der Waals surface area (Å²) in [5, 5.41) is 20.8. The first-order valence-electron chi connectivity index (χ1n) is 5.67. The molecule has 0 saturated heterocycles. The molecule has 0 spiro atoms. The zero-order chi connectivity index (χ0) is 14.9. The van der Waals surface area contributed by atoms with Crippen LogP contribution >= 0.6 is 0 Å². The van der Waals surface area contributed by atoms with Crippen LogP contribution in [-0.4, -0.2) is 16.1 Å². The number of hydrogen-bond donors (Lipinski definition) is 3. The number of aryl methyl sites for hydroxylation is 1. The number of carbonyl (C=O) groups is 1. The van der Waals surface area contributed by atoms with Crippen molar-refractivity contribution in [3.8, 4) is 11.5 Å². The van der Waals surface area contributed by atoms with Gasteiger partial charge in [-0.25, -0.2) is 8.78 Å². The molecule has 2 aromatic carbocycles. The van der Waals surface area contributed by atoms with E-state index < -0.39 is 23.3 Å². The van der Waals surface area contributed by atoms with E-state index in [1.165, 1.54) is 19.1 Å². The van der Waals surface area contributed by atoms with E-state index in [9.17, 15) is 18.7 Å². The van der Waals surface area contributed by atoms with Crippen LogP contribution in [0.15, 0.2) is 30.3 Å². The van der Waals surface area contributed by atoms with Gasteiger partial charge in [0.1, 0.15) is 23.1 Å². The molecule has 2 aromatic rings. The Hall–Kier alpha value is -2.63. The standard InChI is InChI=1S/C14H11F2NO3/c1-7-4-11(16)12(6-10(7)15)17-14(20)9-3-2-8(18)5-13(9)19/h2-6,18-19H,1H3,(H,17,20). The number of hydrogen-bond acceptors (Lipinski definition) is 3. The molecule has 2 rings (SSSR count). The van der Waals surface area contributed by atoms with E-state index >= 15 is 0 Å². The smallest absolute Gasteiger partial charge is 0.259 e. The summed E-state index contributed by atoms with van der Waals surface area (Å²) in [6.07, 6.45) is 0. The Morgan fingerprint density at radius 2 is 1.80 bits per heavy atom. The van der Waals surface area contributed by atoms with E-state index in [2.05, 4.69) is 5.32 Å². The molecule has 0 atom stereocenters. The third kappa shape index (κ3) is 2.69. The average molecular weight is 279 g/mol. The Balaban J connectivity index is 2.30. The van der Waals surface area contributed by atoms with Crippen LogP contribution in [0.4, 0.5) is 14.5 Å². The van der Waals surface area contributed by atoms with Crippen molar-refractivity contribution in [2.24, 2.45) is 0 Å². The summed E-state index contributed by atoms with van der Waals surface area (Å²) >= 11 is 0. The van der Waals surface area contributed by atoms with E-state index in [1.807, 2.05) is 0 Å². The third-order valence-corrected chi connectivity index (χ3v) is 2.72. The first-order chi connectivity index (χ1) is 9.38. The Morgan fingerprint density at radius 3 is 2.45 bits per heavy atom. The number of amides is 1. The van der Waals surface area contributed by atoms with Crippen LogP contribution in [-0.2, 0) is 0 Å². The Kier molecular flexibility index (Phi) is 3.56. The molecule has 1 amide bonds. The summed E-state index contributed by atoms with van der Waals surface area (Å²) < 4.78 is 26.9. The third-order valence-electron chi connectivity index (χ3n) is 2.72. The predicted octanol–water partition coefficient (Wildman–Crippen LogP) is 2.94. The number of carbonyl (C=O) groups excluding carboxylic acids is 1. The molecular formula is C14H11F2NO3. The van der Waals surface area contributed by atoms with Gasteiger partial charge in [0.2, 0.25) is 0 Å². The maximum atomic E-state index is 13.6. The number of halogens is 2. The summed E-state index contributed by atoms with van der Waals surface area (Å²) in [7, 11) is 0. The van der Waals surface area contributed by atoms with Gasteiger partial charge >= 0.3 is 0 Å². The highest BCUT2D eigenvalue weighted by atomic mass is 19.1. The number of rotatable bonds is 2. The molecule has 0 aliphatic carbocycles. The molecule has 0 heterocycles. The second kappa shape index (κ2) is 5.16. The van der Waals surface area contributed by atoms with E-state index in [0.29, 0.717) is 0 Å². The highest BCUT2D eigenvalue weighted by Crippen LogP contribution is 2.25. The van der Waals surface area contributed by atoms with Crippen molar-refractivity contribution >= 4 is 11.6 Å². The lowest BCUT2D eigenvalue weighted by atomic mass is 10.1. The monoisotopic (exact) mass is 279 g/mol. The summed E-state index contributed by atoms with van der Waals surface area (Å²) in [5.74, 6) is -2.93. The summed E-state index contributed by atoms with van der Waals surface area (Å²) in [5.41, 5.74) is -0.373. The minimum absolute atomic E-state index is 0.118. The molecule has 0 aliphatic heterocycles. The highest BCUT2D eigenvalue weighted by molar-refractivity contribution is 6.06. The number of phenols is 2. The average Bonchev–Trinajstić information content (AvgIpc) is 2.35. The fourth-order valence-electron chi connectivity index (χ4n) is 1.64. The molecule has 0 aliphatic rings. The summed E-state index contributed by atoms with van der Waals surface area (Å²) in [4.78, 5) is 11.9. The molecule has 20 heavy (non-hydrogen) atoms. The molecule has 0 aromatic heterocycles. The minimum atomic E-state index is -0.815. The fraction of sp³-hybridized carbons (Fsp3) is 0.0714. The second-order valence-corrected chi connectivity index (χ2v) is 4.24. The Labute approximate surface area is 113 Å². The van der Waals surface area contributed by atoms with E-state index in [0.717, 1.165) is 18.2 Å². The number of benzene rings is 2. The molecule has 104 valence electrons. The normalized spacial score (nSPS) is 10.3. The maximum absolute atomic E-state index is 13.6. The van der Waals surface area contributed by atoms with Crippen molar-refractivity contribution < 1.29 is 23.8 Å². The van der Waals surface area contributed by atoms with Crippen LogP contribution in [0, 0.1) is 18.6 Å². The molecule has 0 unspecified atom stereocenters. The SMILES string of the molecule is Cc1cc(F)c(NC(=O)c2ccc(O)cc2O)cc1F. The van der Waals surface area contributed by atoms with Crippen molar-refractivity contribution in [3.05, 3.63) is 53.1 Å². The first-order valence-corrected chi connectivity index (χ1v) is 5.67. The molecule has 0 fully saturated rings. The number of phenolic OH excluding ortho intramolecular Hbond substituents is 2. The molecule has 4 nitrogen and oxygen atoms in total. The van der Waals surface area contributed by atoms with Crippen LogP contribution in [0.3, 0.4) is 0 Å². The van der Waals surface area contributed by atoms with Gasteiger partial charge in [0, 0.05) is 12.1 Å². The van der Waals surface area contributed by atoms with Gasteiger partial charge in [-0.1, -0.05) is 0 Å². The lowest BCUT2D eigenvalue weighted by Gasteiger charge is -2.09. The van der Waals surface area contributed by atoms with Crippen molar-refractivity contribution in [1.82, 2.24) is 0 Å². The Bertz CT molecular complexity index is 686. The van der Waals surface area contributed by atoms with Gasteiger partial charge in [0.25, 0.3) is 5.91 Å². The number of aromatic hydroxyl groups is 2. The largest absolute Gasteiger partial charge is 0.508 e. The van der Waals surface area contributed by atoms with E-state index in [4.69, 9.17) is 5.11 Å². The summed E-state index contributed by atoms with van der Waals surface area (Å²) in [6, 6.07) is 5.16. The van der Waals surface area contributed by atoms with Gasteiger partial charge in [0.15, 0.2) is 0 Å². The summed E-state index contributed by atoms with van der Waals surface area (Å²) in [6.45, 7) is 1.40. The van der Waals surface area contributed by atoms with Crippen molar-refractivity contribution in [3.63, 3.8) is 0 Å². The molecule has 0 bridgehead atoms. The lowest BCUT2D eigenvalue weighted by Crippen LogP contribution is -2.13. The van der Waals surface area contributed by atoms with Gasteiger partial charge in [-0.3, -0.25) is 4.79 Å². The predicted molar refractivity (Wildman–Crippen MR) is 68.8 cm³/mol. The van der Waals surface area contributed by atoms with Gasteiger partial charge in [0.05, 0.1) is 11.3 Å². The fourth-order valence-corrected chi connectivity index (χ4v) is 1.64. The van der Waals surface area contributed by atoms with Gasteiger partial charge in [-0.05, 0) is 30.7 Å². The maximum Gasteiger partial charge on any atom is 0.259 e. The second-order valence-electron chi connectivity index (χ2n) is 4.24. The lowest BCUT2D eigenvalue weighted by molar-refractivity contribution is 0.102. The van der Waals surface area contributed by atoms with Crippen LogP contribution in [0.25, 0.3) is 0 Å².